The quantitative estimate of drug-likeness (QED) is 0.0919. The third-order valence-electron chi connectivity index (χ3n) is 5.87. The molecule has 178 valence electrons. The minimum atomic E-state index is -2.02. The molecule has 1 aliphatic heterocycles. The Morgan fingerprint density at radius 3 is 2.50 bits per heavy atom. The molecule has 1 amide bonds. The molecule has 1 unspecified atom stereocenters. The molecule has 0 radical (unpaired) electrons. The SMILES string of the molecule is COc1cc(C(=O)N2C=C(C)C[C@H]2CO[Si](C)(C)C(C)(C)C)c([N+](=O)[O-])cc1O[SH](#P)I. The fraction of sp³-hybridized carbons (Fsp3) is 0.550. The Bertz CT molecular complexity index is 1020. The van der Waals surface area contributed by atoms with E-state index in [4.69, 9.17) is 13.3 Å². The summed E-state index contributed by atoms with van der Waals surface area (Å²) in [6.07, 6.45) is 2.41. The number of halogens is 1. The van der Waals surface area contributed by atoms with Crippen LogP contribution in [0.2, 0.25) is 18.1 Å². The standard InChI is InChI=1S/C20H30IN2O6PSSi/c1-13-8-14(12-28-32(6,7)20(2,3)4)22(11-13)19(24)15-9-17(27-5)18(29-31(21)30)10-16(15)23(25)26/h9-11,14,31H,8,12H2,1-7H3/t14-/m0/s1. The first-order valence-corrected chi connectivity index (χ1v) is 18.1. The van der Waals surface area contributed by atoms with Crippen molar-refractivity contribution in [3.8, 4) is 11.5 Å². The van der Waals surface area contributed by atoms with E-state index < -0.39 is 26.5 Å². The summed E-state index contributed by atoms with van der Waals surface area (Å²) in [5.74, 6) is -0.0480. The molecule has 0 spiro atoms. The van der Waals surface area contributed by atoms with Crippen LogP contribution in [0.15, 0.2) is 23.9 Å². The topological polar surface area (TPSA) is 91.1 Å². The molecule has 0 saturated heterocycles. The molecule has 8 nitrogen and oxygen atoms in total. The molecule has 0 fully saturated rings. The van der Waals surface area contributed by atoms with Gasteiger partial charge in [0.05, 0.1) is 0 Å². The van der Waals surface area contributed by atoms with Gasteiger partial charge in [0.15, 0.2) is 0 Å². The molecule has 32 heavy (non-hydrogen) atoms. The average molecular weight is 612 g/mol. The maximum absolute atomic E-state index is 13.5. The Kier molecular flexibility index (Phi) is 9.05. The first-order chi connectivity index (χ1) is 14.7. The predicted molar refractivity (Wildman–Crippen MR) is 142 cm³/mol. The summed E-state index contributed by atoms with van der Waals surface area (Å²) in [5.41, 5.74) is 0.621. The number of carbonyl (C=O) groups excluding carboxylic acids is 1. The van der Waals surface area contributed by atoms with Crippen molar-refractivity contribution in [1.82, 2.24) is 4.90 Å². The van der Waals surface area contributed by atoms with Crippen molar-refractivity contribution in [3.63, 3.8) is 0 Å². The Labute approximate surface area is 206 Å². The summed E-state index contributed by atoms with van der Waals surface area (Å²) in [7, 11) is 2.46. The average Bonchev–Trinajstić information content (AvgIpc) is 3.04. The van der Waals surface area contributed by atoms with Gasteiger partial charge in [0.2, 0.25) is 0 Å². The Hall–Kier alpha value is -0.883. The normalized spacial score (nSPS) is 17.7. The van der Waals surface area contributed by atoms with Crippen LogP contribution in [-0.4, -0.2) is 43.8 Å². The summed E-state index contributed by atoms with van der Waals surface area (Å²) >= 11 is 1.97. The van der Waals surface area contributed by atoms with Gasteiger partial charge in [0.1, 0.15) is 0 Å². The van der Waals surface area contributed by atoms with Gasteiger partial charge < -0.3 is 0 Å². The fourth-order valence-corrected chi connectivity index (χ4v) is 5.32. The summed E-state index contributed by atoms with van der Waals surface area (Å²) in [4.78, 5) is 26.2. The van der Waals surface area contributed by atoms with Crippen molar-refractivity contribution < 1.29 is 23.1 Å². The van der Waals surface area contributed by atoms with E-state index in [0.717, 1.165) is 5.57 Å². The van der Waals surface area contributed by atoms with Crippen molar-refractivity contribution in [3.05, 3.63) is 39.6 Å². The third-order valence-corrected chi connectivity index (χ3v) is 11.6. The van der Waals surface area contributed by atoms with Gasteiger partial charge >= 0.3 is 168 Å². The number of rotatable bonds is 7. The number of hydrogen-bond acceptors (Lipinski definition) is 6. The molecule has 1 aromatic rings. The first kappa shape index (κ1) is 27.4. The molecule has 0 N–H and O–H groups in total. The van der Waals surface area contributed by atoms with Crippen LogP contribution in [0.25, 0.3) is 0 Å². The van der Waals surface area contributed by atoms with Gasteiger partial charge in [0, 0.05) is 0 Å². The van der Waals surface area contributed by atoms with E-state index in [1.165, 1.54) is 19.2 Å². The minimum absolute atomic E-state index is 0.0377. The Morgan fingerprint density at radius 2 is 2.00 bits per heavy atom. The van der Waals surface area contributed by atoms with Crippen LogP contribution < -0.4 is 8.92 Å². The van der Waals surface area contributed by atoms with Gasteiger partial charge in [-0.1, -0.05) is 20.8 Å². The van der Waals surface area contributed by atoms with E-state index in [2.05, 4.69) is 41.7 Å². The number of carbonyl (C=O) groups is 1. The van der Waals surface area contributed by atoms with E-state index in [1.807, 2.05) is 28.1 Å². The van der Waals surface area contributed by atoms with Gasteiger partial charge in [-0.05, 0) is 18.1 Å². The van der Waals surface area contributed by atoms with E-state index in [1.54, 1.807) is 11.1 Å². The second kappa shape index (κ2) is 10.6. The summed E-state index contributed by atoms with van der Waals surface area (Å²) in [5, 5.41) is 11.8. The predicted octanol–water partition coefficient (Wildman–Crippen LogP) is 6.71. The Morgan fingerprint density at radius 1 is 1.38 bits per heavy atom. The van der Waals surface area contributed by atoms with E-state index in [-0.39, 0.29) is 33.8 Å². The van der Waals surface area contributed by atoms with Crippen molar-refractivity contribution in [1.29, 1.82) is 0 Å². The Balaban J connectivity index is 2.41. The zero-order valence-corrected chi connectivity index (χ0v) is 24.3. The molecule has 0 bridgehead atoms. The molecule has 2 atom stereocenters. The zero-order chi connectivity index (χ0) is 24.4. The van der Waals surface area contributed by atoms with Crippen LogP contribution in [0.1, 0.15) is 44.5 Å². The third kappa shape index (κ3) is 6.37. The number of methoxy groups -OCH3 is 1. The summed E-state index contributed by atoms with van der Waals surface area (Å²) in [6.45, 7) is 13.1. The van der Waals surface area contributed by atoms with Gasteiger partial charge in [-0.15, -0.1) is 0 Å². The van der Waals surface area contributed by atoms with Crippen LogP contribution in [0, 0.1) is 10.1 Å². The van der Waals surface area contributed by atoms with Gasteiger partial charge in [-0.3, -0.25) is 0 Å². The molecule has 0 saturated carbocycles. The van der Waals surface area contributed by atoms with E-state index in [9.17, 15) is 14.9 Å². The summed E-state index contributed by atoms with van der Waals surface area (Å²) in [6, 6.07) is 2.37. The van der Waals surface area contributed by atoms with Crippen molar-refractivity contribution in [2.45, 2.75) is 58.3 Å². The molecule has 1 aromatic carbocycles. The molecule has 1 heterocycles. The van der Waals surface area contributed by atoms with Crippen molar-refractivity contribution in [2.75, 3.05) is 13.7 Å². The van der Waals surface area contributed by atoms with Crippen LogP contribution in [0.5, 0.6) is 11.5 Å². The monoisotopic (exact) mass is 612 g/mol. The van der Waals surface area contributed by atoms with Crippen molar-refractivity contribution >= 4 is 56.3 Å². The van der Waals surface area contributed by atoms with Crippen LogP contribution in [-0.2, 0) is 4.43 Å². The molecular weight excluding hydrogens is 582 g/mol. The number of nitro benzene ring substituents is 1. The van der Waals surface area contributed by atoms with E-state index in [0.29, 0.717) is 13.0 Å². The zero-order valence-electron chi connectivity index (χ0n) is 19.3. The molecule has 12 heteroatoms. The number of amides is 1. The van der Waals surface area contributed by atoms with Gasteiger partial charge in [0.25, 0.3) is 0 Å². The molecule has 0 aliphatic carbocycles. The molecular formula is C20H30IN2O6PSSi. The van der Waals surface area contributed by atoms with Crippen LogP contribution >= 0.6 is 36.3 Å². The van der Waals surface area contributed by atoms with Crippen molar-refractivity contribution in [2.24, 2.45) is 0 Å². The molecule has 0 aromatic heterocycles. The second-order valence-corrected chi connectivity index (χ2v) is 20.7. The summed E-state index contributed by atoms with van der Waals surface area (Å²) < 4.78 is 17.3. The maximum atomic E-state index is 13.5. The fourth-order valence-electron chi connectivity index (χ4n) is 3.07. The van der Waals surface area contributed by atoms with Gasteiger partial charge in [-0.25, -0.2) is 0 Å². The molecule has 2 rings (SSSR count). The second-order valence-electron chi connectivity index (χ2n) is 9.21. The number of hydrogen-bond donors (Lipinski definition) is 1. The first-order valence-electron chi connectivity index (χ1n) is 10.0. The van der Waals surface area contributed by atoms with Crippen LogP contribution in [0.3, 0.4) is 0 Å². The molecule has 1 aliphatic rings. The van der Waals surface area contributed by atoms with Gasteiger partial charge in [-0.2, -0.15) is 0 Å². The number of nitrogens with zero attached hydrogens (tertiary/aromatic N) is 2. The van der Waals surface area contributed by atoms with E-state index >= 15 is 0 Å². The number of ether oxygens (including phenoxy) is 1. The number of benzene rings is 1. The number of thiol groups is 1. The van der Waals surface area contributed by atoms with Crippen LogP contribution in [0.4, 0.5) is 5.69 Å². The number of nitro groups is 1.